The SMILES string of the molecule is COc1ccccc1NC(=O)c1cc2ccccc2cc1OS(=O)(=O)c1ccc(C)s1. The van der Waals surface area contributed by atoms with E-state index in [1.807, 2.05) is 31.2 Å². The van der Waals surface area contributed by atoms with Crippen molar-refractivity contribution in [1.82, 2.24) is 0 Å². The second kappa shape index (κ2) is 8.41. The summed E-state index contributed by atoms with van der Waals surface area (Å²) in [6.07, 6.45) is 0. The zero-order valence-corrected chi connectivity index (χ0v) is 18.4. The molecule has 8 heteroatoms. The number of benzene rings is 3. The molecule has 31 heavy (non-hydrogen) atoms. The summed E-state index contributed by atoms with van der Waals surface area (Å²) in [5.74, 6) is -0.0687. The molecule has 6 nitrogen and oxygen atoms in total. The van der Waals surface area contributed by atoms with E-state index in [0.717, 1.165) is 27.0 Å². The van der Waals surface area contributed by atoms with Crippen LogP contribution in [-0.4, -0.2) is 21.4 Å². The van der Waals surface area contributed by atoms with Gasteiger partial charge in [-0.15, -0.1) is 11.3 Å². The molecule has 0 fully saturated rings. The maximum Gasteiger partial charge on any atom is 0.348 e. The second-order valence-electron chi connectivity index (χ2n) is 6.75. The number of nitrogens with one attached hydrogen (secondary N) is 1. The highest BCUT2D eigenvalue weighted by Crippen LogP contribution is 2.32. The van der Waals surface area contributed by atoms with E-state index in [1.54, 1.807) is 42.5 Å². The first-order chi connectivity index (χ1) is 14.9. The standard InChI is InChI=1S/C23H19NO5S2/c1-15-11-12-22(30-15)31(26,27)29-21-14-17-8-4-3-7-16(17)13-18(21)23(25)24-19-9-5-6-10-20(19)28-2/h3-14H,1-2H3,(H,24,25). The minimum Gasteiger partial charge on any atom is -0.495 e. The third kappa shape index (κ3) is 4.40. The van der Waals surface area contributed by atoms with Gasteiger partial charge in [0.1, 0.15) is 5.75 Å². The molecule has 1 heterocycles. The van der Waals surface area contributed by atoms with Crippen molar-refractivity contribution in [3.8, 4) is 11.5 Å². The minimum absolute atomic E-state index is 0.0443. The molecule has 0 unspecified atom stereocenters. The Morgan fingerprint density at radius 3 is 2.26 bits per heavy atom. The van der Waals surface area contributed by atoms with Gasteiger partial charge in [-0.1, -0.05) is 36.4 Å². The Morgan fingerprint density at radius 1 is 0.903 bits per heavy atom. The molecular weight excluding hydrogens is 434 g/mol. The summed E-state index contributed by atoms with van der Waals surface area (Å²) >= 11 is 1.11. The van der Waals surface area contributed by atoms with E-state index in [2.05, 4.69) is 5.32 Å². The van der Waals surface area contributed by atoms with Gasteiger partial charge in [0, 0.05) is 4.88 Å². The summed E-state index contributed by atoms with van der Waals surface area (Å²) < 4.78 is 36.4. The smallest absolute Gasteiger partial charge is 0.348 e. The lowest BCUT2D eigenvalue weighted by Gasteiger charge is -2.14. The van der Waals surface area contributed by atoms with Gasteiger partial charge in [0.05, 0.1) is 18.4 Å². The van der Waals surface area contributed by atoms with Crippen LogP contribution in [0.5, 0.6) is 11.5 Å². The van der Waals surface area contributed by atoms with Crippen molar-refractivity contribution in [3.05, 3.63) is 83.2 Å². The number of hydrogen-bond acceptors (Lipinski definition) is 6. The average Bonchev–Trinajstić information content (AvgIpc) is 3.20. The number of methoxy groups -OCH3 is 1. The predicted octanol–water partition coefficient (Wildman–Crippen LogP) is 5.24. The number of para-hydroxylation sites is 2. The summed E-state index contributed by atoms with van der Waals surface area (Å²) in [5, 5.41) is 4.31. The molecule has 0 aliphatic rings. The van der Waals surface area contributed by atoms with Crippen LogP contribution in [0, 0.1) is 6.92 Å². The Hall–Kier alpha value is -3.36. The number of rotatable bonds is 6. The summed E-state index contributed by atoms with van der Waals surface area (Å²) in [7, 11) is -2.58. The molecule has 1 amide bonds. The van der Waals surface area contributed by atoms with Gasteiger partial charge in [-0.2, -0.15) is 8.42 Å². The molecule has 0 bridgehead atoms. The third-order valence-electron chi connectivity index (χ3n) is 4.61. The van der Waals surface area contributed by atoms with E-state index >= 15 is 0 Å². The first-order valence-corrected chi connectivity index (χ1v) is 11.6. The average molecular weight is 454 g/mol. The van der Waals surface area contributed by atoms with E-state index in [4.69, 9.17) is 8.92 Å². The number of hydrogen-bond donors (Lipinski definition) is 1. The number of carbonyl (C=O) groups is 1. The molecule has 0 aliphatic carbocycles. The Balaban J connectivity index is 1.77. The van der Waals surface area contributed by atoms with Crippen molar-refractivity contribution in [2.45, 2.75) is 11.1 Å². The van der Waals surface area contributed by atoms with E-state index in [-0.39, 0.29) is 15.5 Å². The Kier molecular flexibility index (Phi) is 5.67. The normalized spacial score (nSPS) is 11.3. The quantitative estimate of drug-likeness (QED) is 0.404. The Bertz CT molecular complexity index is 1380. The van der Waals surface area contributed by atoms with E-state index in [9.17, 15) is 13.2 Å². The Morgan fingerprint density at radius 2 is 1.58 bits per heavy atom. The van der Waals surface area contributed by atoms with E-state index in [1.165, 1.54) is 13.2 Å². The summed E-state index contributed by atoms with van der Waals surface area (Å²) in [6.45, 7) is 1.81. The van der Waals surface area contributed by atoms with Crippen molar-refractivity contribution >= 4 is 43.8 Å². The van der Waals surface area contributed by atoms with Crippen LogP contribution in [0.4, 0.5) is 5.69 Å². The van der Waals surface area contributed by atoms with Crippen LogP contribution in [-0.2, 0) is 10.1 Å². The topological polar surface area (TPSA) is 81.7 Å². The van der Waals surface area contributed by atoms with Crippen LogP contribution in [0.25, 0.3) is 10.8 Å². The molecule has 4 aromatic rings. The first kappa shape index (κ1) is 20.9. The predicted molar refractivity (Wildman–Crippen MR) is 122 cm³/mol. The molecule has 1 aromatic heterocycles. The molecule has 158 valence electrons. The van der Waals surface area contributed by atoms with Gasteiger partial charge in [-0.3, -0.25) is 4.79 Å². The zero-order chi connectivity index (χ0) is 22.0. The lowest BCUT2D eigenvalue weighted by Crippen LogP contribution is -2.16. The molecular formula is C23H19NO5S2. The highest BCUT2D eigenvalue weighted by Gasteiger charge is 2.24. The number of anilines is 1. The molecule has 0 atom stereocenters. The number of aryl methyl sites for hydroxylation is 1. The van der Waals surface area contributed by atoms with Crippen molar-refractivity contribution in [2.24, 2.45) is 0 Å². The highest BCUT2D eigenvalue weighted by molar-refractivity contribution is 7.89. The van der Waals surface area contributed by atoms with Gasteiger partial charge >= 0.3 is 10.1 Å². The summed E-state index contributed by atoms with van der Waals surface area (Å²) in [4.78, 5) is 14.0. The molecule has 3 aromatic carbocycles. The fourth-order valence-corrected chi connectivity index (χ4v) is 5.29. The van der Waals surface area contributed by atoms with Crippen molar-refractivity contribution < 1.29 is 22.1 Å². The molecule has 0 spiro atoms. The van der Waals surface area contributed by atoms with Crippen LogP contribution < -0.4 is 14.2 Å². The number of ether oxygens (including phenoxy) is 1. The fraction of sp³-hybridized carbons (Fsp3) is 0.0870. The molecule has 0 saturated carbocycles. The van der Waals surface area contributed by atoms with Crippen molar-refractivity contribution in [1.29, 1.82) is 0 Å². The molecule has 0 radical (unpaired) electrons. The van der Waals surface area contributed by atoms with E-state index in [0.29, 0.717) is 11.4 Å². The lowest BCUT2D eigenvalue weighted by atomic mass is 10.1. The van der Waals surface area contributed by atoms with Crippen LogP contribution >= 0.6 is 11.3 Å². The number of fused-ring (bicyclic) bond motifs is 1. The largest absolute Gasteiger partial charge is 0.495 e. The van der Waals surface area contributed by atoms with Crippen LogP contribution in [0.3, 0.4) is 0 Å². The van der Waals surface area contributed by atoms with Crippen LogP contribution in [0.1, 0.15) is 15.2 Å². The second-order valence-corrected chi connectivity index (χ2v) is 9.81. The number of thiophene rings is 1. The molecule has 4 rings (SSSR count). The van der Waals surface area contributed by atoms with Gasteiger partial charge in [0.25, 0.3) is 5.91 Å². The van der Waals surface area contributed by atoms with Gasteiger partial charge in [0.15, 0.2) is 9.96 Å². The molecule has 0 saturated heterocycles. The summed E-state index contributed by atoms with van der Waals surface area (Å²) in [6, 6.07) is 20.7. The maximum atomic E-state index is 13.1. The van der Waals surface area contributed by atoms with Crippen molar-refractivity contribution in [3.63, 3.8) is 0 Å². The minimum atomic E-state index is -4.09. The van der Waals surface area contributed by atoms with Crippen LogP contribution in [0.15, 0.2) is 77.0 Å². The summed E-state index contributed by atoms with van der Waals surface area (Å²) in [5.41, 5.74) is 0.562. The number of carbonyl (C=O) groups excluding carboxylic acids is 1. The maximum absolute atomic E-state index is 13.1. The van der Waals surface area contributed by atoms with Gasteiger partial charge in [-0.25, -0.2) is 0 Å². The lowest BCUT2D eigenvalue weighted by molar-refractivity contribution is 0.102. The zero-order valence-electron chi connectivity index (χ0n) is 16.8. The Labute approximate surface area is 184 Å². The van der Waals surface area contributed by atoms with Gasteiger partial charge in [0.2, 0.25) is 0 Å². The van der Waals surface area contributed by atoms with Crippen molar-refractivity contribution in [2.75, 3.05) is 12.4 Å². The third-order valence-corrected chi connectivity index (χ3v) is 7.29. The van der Waals surface area contributed by atoms with E-state index < -0.39 is 16.0 Å². The monoisotopic (exact) mass is 453 g/mol. The van der Waals surface area contributed by atoms with Gasteiger partial charge < -0.3 is 14.2 Å². The number of amides is 1. The highest BCUT2D eigenvalue weighted by atomic mass is 32.3. The van der Waals surface area contributed by atoms with Gasteiger partial charge in [-0.05, 0) is 54.1 Å². The molecule has 1 N–H and O–H groups in total. The van der Waals surface area contributed by atoms with Crippen LogP contribution in [0.2, 0.25) is 0 Å². The first-order valence-electron chi connectivity index (χ1n) is 9.35. The molecule has 0 aliphatic heterocycles. The fourth-order valence-electron chi connectivity index (χ4n) is 3.11.